The van der Waals surface area contributed by atoms with Gasteiger partial charge in [-0.1, -0.05) is 37.1 Å². The highest BCUT2D eigenvalue weighted by atomic mass is 35.5. The van der Waals surface area contributed by atoms with E-state index >= 15 is 0 Å². The molecule has 2 aliphatic rings. The number of anilines is 1. The average molecular weight is 523 g/mol. The van der Waals surface area contributed by atoms with Gasteiger partial charge >= 0.3 is 0 Å². The summed E-state index contributed by atoms with van der Waals surface area (Å²) in [6.45, 7) is 7.74. The summed E-state index contributed by atoms with van der Waals surface area (Å²) in [6, 6.07) is 5.53. The zero-order valence-electron chi connectivity index (χ0n) is 22.2. The van der Waals surface area contributed by atoms with Crippen molar-refractivity contribution in [2.24, 2.45) is 11.3 Å². The van der Waals surface area contributed by atoms with Crippen molar-refractivity contribution < 1.29 is 14.4 Å². The predicted molar refractivity (Wildman–Crippen MR) is 147 cm³/mol. The Morgan fingerprint density at radius 2 is 1.86 bits per heavy atom. The third-order valence-corrected chi connectivity index (χ3v) is 7.30. The standard InChI is InChI=1S/C29H35ClN4O3/c1-19-22(12-20-6-9-34(10-7-20)28(37)23-16-29(2,3)17-23)13-24(30)15-26(19)32-27(36)21(8-11-35)14-25(18-31)33(4)5/h8,11-15,23H,6-7,9-10,16-17H2,1-5H3,(H,32,36)/b21-8+,25-14-. The van der Waals surface area contributed by atoms with Gasteiger partial charge in [-0.15, -0.1) is 0 Å². The van der Waals surface area contributed by atoms with Crippen LogP contribution in [0.1, 0.15) is 50.7 Å². The molecule has 2 amide bonds. The fourth-order valence-corrected chi connectivity index (χ4v) is 5.16. The summed E-state index contributed by atoms with van der Waals surface area (Å²) < 4.78 is 0. The van der Waals surface area contributed by atoms with Gasteiger partial charge in [-0.2, -0.15) is 5.26 Å². The monoisotopic (exact) mass is 522 g/mol. The van der Waals surface area contributed by atoms with Crippen molar-refractivity contribution in [3.8, 4) is 6.07 Å². The Morgan fingerprint density at radius 3 is 2.41 bits per heavy atom. The van der Waals surface area contributed by atoms with Gasteiger partial charge in [0.15, 0.2) is 0 Å². The lowest BCUT2D eigenvalue weighted by Crippen LogP contribution is -2.46. The van der Waals surface area contributed by atoms with Gasteiger partial charge in [0.05, 0.1) is 0 Å². The number of rotatable bonds is 7. The molecular weight excluding hydrogens is 488 g/mol. The molecule has 0 bridgehead atoms. The van der Waals surface area contributed by atoms with Crippen LogP contribution >= 0.6 is 11.6 Å². The smallest absolute Gasteiger partial charge is 0.255 e. The lowest BCUT2D eigenvalue weighted by atomic mass is 9.64. The molecule has 196 valence electrons. The van der Waals surface area contributed by atoms with E-state index < -0.39 is 5.91 Å². The molecule has 0 aromatic heterocycles. The van der Waals surface area contributed by atoms with Crippen LogP contribution in [0.25, 0.3) is 6.08 Å². The number of piperidine rings is 1. The maximum atomic E-state index is 13.0. The summed E-state index contributed by atoms with van der Waals surface area (Å²) in [4.78, 5) is 40.4. The van der Waals surface area contributed by atoms with Gasteiger partial charge < -0.3 is 15.1 Å². The first-order valence-electron chi connectivity index (χ1n) is 12.5. The molecule has 2 fully saturated rings. The van der Waals surface area contributed by atoms with Gasteiger partial charge in [0.25, 0.3) is 5.91 Å². The van der Waals surface area contributed by atoms with Gasteiger partial charge in [-0.05, 0) is 73.4 Å². The Labute approximate surface area is 224 Å². The number of allylic oxidation sites excluding steroid dienone is 2. The normalized spacial score (nSPS) is 18.0. The number of nitrogens with one attached hydrogen (secondary N) is 1. The molecular formula is C29H35ClN4O3. The van der Waals surface area contributed by atoms with Crippen LogP contribution in [0.3, 0.4) is 0 Å². The largest absolute Gasteiger partial charge is 0.369 e. The molecule has 3 rings (SSSR count). The zero-order chi connectivity index (χ0) is 27.3. The minimum Gasteiger partial charge on any atom is -0.369 e. The van der Waals surface area contributed by atoms with E-state index in [1.807, 2.05) is 24.0 Å². The number of hydrogen-bond acceptors (Lipinski definition) is 5. The van der Waals surface area contributed by atoms with Crippen LogP contribution in [0.4, 0.5) is 5.69 Å². The molecule has 1 saturated heterocycles. The third-order valence-electron chi connectivity index (χ3n) is 7.08. The van der Waals surface area contributed by atoms with Crippen molar-refractivity contribution in [1.29, 1.82) is 5.26 Å². The van der Waals surface area contributed by atoms with Gasteiger partial charge in [0.1, 0.15) is 18.1 Å². The lowest BCUT2D eigenvalue weighted by Gasteiger charge is -2.44. The first kappa shape index (κ1) is 28.2. The number of likely N-dealkylation sites (tertiary alicyclic amines) is 1. The lowest BCUT2D eigenvalue weighted by molar-refractivity contribution is -0.142. The van der Waals surface area contributed by atoms with Crippen molar-refractivity contribution >= 4 is 41.5 Å². The second-order valence-corrected chi connectivity index (χ2v) is 11.2. The molecule has 0 atom stereocenters. The van der Waals surface area contributed by atoms with E-state index in [1.165, 1.54) is 11.6 Å². The highest BCUT2D eigenvalue weighted by molar-refractivity contribution is 6.31. The molecule has 8 heteroatoms. The van der Waals surface area contributed by atoms with E-state index in [2.05, 4.69) is 25.2 Å². The number of aldehydes is 1. The fraction of sp³-hybridized carbons (Fsp3) is 0.448. The molecule has 1 aromatic carbocycles. The molecule has 7 nitrogen and oxygen atoms in total. The number of benzene rings is 1. The second-order valence-electron chi connectivity index (χ2n) is 10.8. The summed E-state index contributed by atoms with van der Waals surface area (Å²) in [5.41, 5.74) is 4.06. The van der Waals surface area contributed by atoms with Crippen LogP contribution in [-0.2, 0) is 14.4 Å². The molecule has 0 unspecified atom stereocenters. The Morgan fingerprint density at radius 1 is 1.22 bits per heavy atom. The van der Waals surface area contributed by atoms with Crippen molar-refractivity contribution in [2.75, 3.05) is 32.5 Å². The second kappa shape index (κ2) is 11.8. The summed E-state index contributed by atoms with van der Waals surface area (Å²) in [5, 5.41) is 12.6. The van der Waals surface area contributed by atoms with Crippen LogP contribution in [0, 0.1) is 29.6 Å². The number of carbonyl (C=O) groups excluding carboxylic acids is 3. The van der Waals surface area contributed by atoms with Crippen LogP contribution in [0.15, 0.2) is 41.1 Å². The number of hydrogen-bond donors (Lipinski definition) is 1. The Bertz CT molecular complexity index is 1200. The fourth-order valence-electron chi connectivity index (χ4n) is 4.93. The number of amides is 2. The van der Waals surface area contributed by atoms with Crippen molar-refractivity contribution in [3.63, 3.8) is 0 Å². The number of nitrogens with zero attached hydrogens (tertiary/aromatic N) is 3. The number of carbonyl (C=O) groups is 3. The molecule has 1 aromatic rings. The topological polar surface area (TPSA) is 93.5 Å². The summed E-state index contributed by atoms with van der Waals surface area (Å²) in [5.74, 6) is -0.0714. The molecule has 1 aliphatic carbocycles. The van der Waals surface area contributed by atoms with E-state index in [4.69, 9.17) is 11.6 Å². The Kier molecular flexibility index (Phi) is 8.98. The van der Waals surface area contributed by atoms with E-state index in [9.17, 15) is 19.6 Å². The molecule has 0 radical (unpaired) electrons. The summed E-state index contributed by atoms with van der Waals surface area (Å²) in [6.07, 6.45) is 8.63. The van der Waals surface area contributed by atoms with Crippen molar-refractivity contribution in [2.45, 2.75) is 46.5 Å². The van der Waals surface area contributed by atoms with Crippen LogP contribution in [-0.4, -0.2) is 55.1 Å². The van der Waals surface area contributed by atoms with E-state index in [0.29, 0.717) is 30.1 Å². The van der Waals surface area contributed by atoms with Gasteiger partial charge in [0.2, 0.25) is 5.91 Å². The summed E-state index contributed by atoms with van der Waals surface area (Å²) >= 11 is 6.39. The van der Waals surface area contributed by atoms with E-state index in [-0.39, 0.29) is 28.5 Å². The average Bonchev–Trinajstić information content (AvgIpc) is 2.82. The summed E-state index contributed by atoms with van der Waals surface area (Å²) in [7, 11) is 3.36. The number of nitriles is 1. The molecule has 1 N–H and O–H groups in total. The number of halogens is 1. The first-order chi connectivity index (χ1) is 17.4. The van der Waals surface area contributed by atoms with E-state index in [0.717, 1.165) is 42.9 Å². The highest BCUT2D eigenvalue weighted by Gasteiger charge is 2.42. The highest BCUT2D eigenvalue weighted by Crippen LogP contribution is 2.45. The molecule has 1 saturated carbocycles. The van der Waals surface area contributed by atoms with Gasteiger partial charge in [-0.3, -0.25) is 14.4 Å². The third kappa shape index (κ3) is 7.11. The molecule has 1 heterocycles. The molecule has 1 aliphatic heterocycles. The van der Waals surface area contributed by atoms with Crippen LogP contribution < -0.4 is 5.32 Å². The Balaban J connectivity index is 1.74. The van der Waals surface area contributed by atoms with E-state index in [1.54, 1.807) is 25.1 Å². The SMILES string of the molecule is Cc1c(C=C2CCN(C(=O)C3CC(C)(C)C3)CC2)cc(Cl)cc1NC(=O)C(/C=C(/C#N)N(C)C)=C/C=O. The minimum absolute atomic E-state index is 0.0615. The maximum absolute atomic E-state index is 13.0. The van der Waals surface area contributed by atoms with Gasteiger partial charge in [0, 0.05) is 49.4 Å². The Hall–Kier alpha value is -3.37. The minimum atomic E-state index is -0.517. The maximum Gasteiger partial charge on any atom is 0.255 e. The predicted octanol–water partition coefficient (Wildman–Crippen LogP) is 5.12. The van der Waals surface area contributed by atoms with Gasteiger partial charge in [-0.25, -0.2) is 0 Å². The quantitative estimate of drug-likeness (QED) is 0.232. The molecule has 0 spiro atoms. The molecule has 37 heavy (non-hydrogen) atoms. The first-order valence-corrected chi connectivity index (χ1v) is 12.9. The zero-order valence-corrected chi connectivity index (χ0v) is 23.0. The van der Waals surface area contributed by atoms with Crippen LogP contribution in [0.5, 0.6) is 0 Å². The van der Waals surface area contributed by atoms with Crippen molar-refractivity contribution in [1.82, 2.24) is 9.80 Å². The van der Waals surface area contributed by atoms with Crippen LogP contribution in [0.2, 0.25) is 5.02 Å². The van der Waals surface area contributed by atoms with Crippen molar-refractivity contribution in [3.05, 3.63) is 57.3 Å².